The number of aliphatic carboxylic acids is 1. The summed E-state index contributed by atoms with van der Waals surface area (Å²) >= 11 is 0. The molecule has 2 amide bonds. The molecule has 1 fully saturated rings. The van der Waals surface area contributed by atoms with Crippen molar-refractivity contribution in [3.63, 3.8) is 0 Å². The minimum Gasteiger partial charge on any atom is -0.481 e. The van der Waals surface area contributed by atoms with Gasteiger partial charge in [-0.15, -0.1) is 0 Å². The number of carboxylic acid groups (broad SMARTS) is 1. The predicted molar refractivity (Wildman–Crippen MR) is 83.2 cm³/mol. The summed E-state index contributed by atoms with van der Waals surface area (Å²) in [7, 11) is 0. The molecule has 0 heterocycles. The fourth-order valence-electron chi connectivity index (χ4n) is 2.62. The van der Waals surface area contributed by atoms with Gasteiger partial charge in [0.25, 0.3) is 0 Å². The van der Waals surface area contributed by atoms with Crippen LogP contribution >= 0.6 is 0 Å². The summed E-state index contributed by atoms with van der Waals surface area (Å²) in [6.07, 6.45) is 5.71. The Bertz CT molecular complexity index is 391. The van der Waals surface area contributed by atoms with Gasteiger partial charge in [-0.25, -0.2) is 4.79 Å². The Balaban J connectivity index is 2.65. The SMILES string of the molecule is CC1CCCCCC1NC(=O)NC(C)(C)C(C)(C)C(=O)O. The van der Waals surface area contributed by atoms with Crippen molar-refractivity contribution >= 4 is 12.0 Å². The van der Waals surface area contributed by atoms with Crippen molar-refractivity contribution in [2.24, 2.45) is 11.3 Å². The van der Waals surface area contributed by atoms with Gasteiger partial charge in [0.15, 0.2) is 0 Å². The molecule has 1 saturated carbocycles. The average Bonchev–Trinajstić information content (AvgIpc) is 2.53. The summed E-state index contributed by atoms with van der Waals surface area (Å²) in [5, 5.41) is 15.2. The highest BCUT2D eigenvalue weighted by Gasteiger charge is 2.44. The van der Waals surface area contributed by atoms with Gasteiger partial charge in [0.05, 0.1) is 11.0 Å². The van der Waals surface area contributed by atoms with Gasteiger partial charge in [0.2, 0.25) is 0 Å². The van der Waals surface area contributed by atoms with Crippen molar-refractivity contribution in [1.82, 2.24) is 10.6 Å². The number of amides is 2. The lowest BCUT2D eigenvalue weighted by molar-refractivity contribution is -0.150. The minimum atomic E-state index is -1.04. The molecule has 5 nitrogen and oxygen atoms in total. The van der Waals surface area contributed by atoms with Crippen LogP contribution in [-0.2, 0) is 4.79 Å². The molecule has 2 unspecified atom stereocenters. The molecule has 0 aliphatic heterocycles. The molecule has 0 saturated heterocycles. The first-order valence-corrected chi connectivity index (χ1v) is 7.90. The van der Waals surface area contributed by atoms with Crippen LogP contribution in [0.1, 0.15) is 66.7 Å². The highest BCUT2D eigenvalue weighted by molar-refractivity contribution is 5.79. The van der Waals surface area contributed by atoms with Gasteiger partial charge in [-0.3, -0.25) is 4.79 Å². The molecular weight excluding hydrogens is 268 g/mol. The fourth-order valence-corrected chi connectivity index (χ4v) is 2.62. The van der Waals surface area contributed by atoms with Crippen LogP contribution in [0.15, 0.2) is 0 Å². The lowest BCUT2D eigenvalue weighted by atomic mass is 9.74. The van der Waals surface area contributed by atoms with Gasteiger partial charge < -0.3 is 15.7 Å². The average molecular weight is 298 g/mol. The zero-order valence-electron chi connectivity index (χ0n) is 14.0. The van der Waals surface area contributed by atoms with Gasteiger partial charge in [-0.05, 0) is 46.5 Å². The van der Waals surface area contributed by atoms with Crippen LogP contribution in [0.3, 0.4) is 0 Å². The van der Waals surface area contributed by atoms with Crippen molar-refractivity contribution < 1.29 is 14.7 Å². The molecule has 122 valence electrons. The molecule has 0 aromatic carbocycles. The standard InChI is InChI=1S/C16H30N2O3/c1-11-9-7-6-8-10-12(11)17-14(21)18-16(4,5)15(2,3)13(19)20/h11-12H,6-10H2,1-5H3,(H,19,20)(H2,17,18,21). The topological polar surface area (TPSA) is 78.4 Å². The zero-order chi connectivity index (χ0) is 16.3. The second-order valence-electron chi connectivity index (χ2n) is 7.38. The summed E-state index contributed by atoms with van der Waals surface area (Å²) < 4.78 is 0. The van der Waals surface area contributed by atoms with Crippen LogP contribution in [0.25, 0.3) is 0 Å². The Morgan fingerprint density at radius 3 is 2.19 bits per heavy atom. The van der Waals surface area contributed by atoms with Crippen molar-refractivity contribution in [1.29, 1.82) is 0 Å². The summed E-state index contributed by atoms with van der Waals surface area (Å²) in [5.74, 6) is -0.454. The van der Waals surface area contributed by atoms with Gasteiger partial charge in [0.1, 0.15) is 0 Å². The second kappa shape index (κ2) is 6.67. The molecule has 1 rings (SSSR count). The fraction of sp³-hybridized carbons (Fsp3) is 0.875. The number of rotatable bonds is 4. The maximum atomic E-state index is 12.2. The van der Waals surface area contributed by atoms with Crippen LogP contribution in [0.5, 0.6) is 0 Å². The van der Waals surface area contributed by atoms with Crippen molar-refractivity contribution in [2.45, 2.75) is 78.3 Å². The second-order valence-corrected chi connectivity index (χ2v) is 7.38. The molecule has 0 radical (unpaired) electrons. The third-order valence-electron chi connectivity index (χ3n) is 5.20. The summed E-state index contributed by atoms with van der Waals surface area (Å²) in [5.41, 5.74) is -1.88. The molecule has 0 bridgehead atoms. The van der Waals surface area contributed by atoms with Crippen LogP contribution in [-0.4, -0.2) is 28.7 Å². The summed E-state index contributed by atoms with van der Waals surface area (Å²) in [6.45, 7) is 8.92. The quantitative estimate of drug-likeness (QED) is 0.698. The third kappa shape index (κ3) is 4.35. The number of carboxylic acids is 1. The first-order chi connectivity index (χ1) is 9.58. The van der Waals surface area contributed by atoms with Gasteiger partial charge >= 0.3 is 12.0 Å². The lowest BCUT2D eigenvalue weighted by Gasteiger charge is -2.39. The summed E-state index contributed by atoms with van der Waals surface area (Å²) in [4.78, 5) is 23.6. The number of hydrogen-bond acceptors (Lipinski definition) is 2. The number of nitrogens with one attached hydrogen (secondary N) is 2. The Labute approximate surface area is 127 Å². The van der Waals surface area contributed by atoms with E-state index >= 15 is 0 Å². The molecule has 1 aliphatic rings. The smallest absolute Gasteiger partial charge is 0.315 e. The molecule has 0 spiro atoms. The van der Waals surface area contributed by atoms with E-state index in [1.165, 1.54) is 12.8 Å². The van der Waals surface area contributed by atoms with Crippen molar-refractivity contribution in [2.75, 3.05) is 0 Å². The number of hydrogen-bond donors (Lipinski definition) is 3. The Morgan fingerprint density at radius 2 is 1.62 bits per heavy atom. The van der Waals surface area contributed by atoms with E-state index in [0.717, 1.165) is 19.3 Å². The normalized spacial score (nSPS) is 24.0. The van der Waals surface area contributed by atoms with Crippen LogP contribution in [0, 0.1) is 11.3 Å². The summed E-state index contributed by atoms with van der Waals surface area (Å²) in [6, 6.07) is -0.0932. The molecule has 0 aromatic rings. The van der Waals surface area contributed by atoms with Crippen molar-refractivity contribution in [3.05, 3.63) is 0 Å². The first kappa shape index (κ1) is 17.8. The van der Waals surface area contributed by atoms with Crippen LogP contribution < -0.4 is 10.6 Å². The maximum absolute atomic E-state index is 12.2. The van der Waals surface area contributed by atoms with E-state index in [0.29, 0.717) is 5.92 Å². The maximum Gasteiger partial charge on any atom is 0.315 e. The highest BCUT2D eigenvalue weighted by Crippen LogP contribution is 2.30. The van der Waals surface area contributed by atoms with E-state index in [9.17, 15) is 14.7 Å². The number of carbonyl (C=O) groups excluding carboxylic acids is 1. The van der Waals surface area contributed by atoms with E-state index in [2.05, 4.69) is 17.6 Å². The monoisotopic (exact) mass is 298 g/mol. The Morgan fingerprint density at radius 1 is 1.05 bits per heavy atom. The van der Waals surface area contributed by atoms with E-state index in [-0.39, 0.29) is 12.1 Å². The predicted octanol–water partition coefficient (Wildman–Crippen LogP) is 3.14. The molecule has 1 aliphatic carbocycles. The van der Waals surface area contributed by atoms with Crippen LogP contribution in [0.2, 0.25) is 0 Å². The van der Waals surface area contributed by atoms with Crippen LogP contribution in [0.4, 0.5) is 4.79 Å². The lowest BCUT2D eigenvalue weighted by Crippen LogP contribution is -2.60. The van der Waals surface area contributed by atoms with Gasteiger partial charge in [-0.1, -0.05) is 26.2 Å². The molecule has 0 aromatic heterocycles. The van der Waals surface area contributed by atoms with Gasteiger partial charge in [0, 0.05) is 6.04 Å². The van der Waals surface area contributed by atoms with Crippen molar-refractivity contribution in [3.8, 4) is 0 Å². The molecule has 21 heavy (non-hydrogen) atoms. The Hall–Kier alpha value is -1.26. The first-order valence-electron chi connectivity index (χ1n) is 7.90. The molecule has 3 N–H and O–H groups in total. The largest absolute Gasteiger partial charge is 0.481 e. The minimum absolute atomic E-state index is 0.177. The highest BCUT2D eigenvalue weighted by atomic mass is 16.4. The number of urea groups is 1. The molecule has 2 atom stereocenters. The van der Waals surface area contributed by atoms with E-state index in [1.54, 1.807) is 27.7 Å². The molecule has 5 heteroatoms. The van der Waals surface area contributed by atoms with E-state index in [1.807, 2.05) is 0 Å². The van der Waals surface area contributed by atoms with E-state index < -0.39 is 16.9 Å². The van der Waals surface area contributed by atoms with Gasteiger partial charge in [-0.2, -0.15) is 0 Å². The third-order valence-corrected chi connectivity index (χ3v) is 5.20. The Kier molecular flexibility index (Phi) is 5.65. The molecular formula is C16H30N2O3. The number of carbonyl (C=O) groups is 2. The van der Waals surface area contributed by atoms with E-state index in [4.69, 9.17) is 0 Å². The zero-order valence-corrected chi connectivity index (χ0v) is 14.0.